The van der Waals surface area contributed by atoms with Gasteiger partial charge in [0.05, 0.1) is 65.3 Å². The fourth-order valence-corrected chi connectivity index (χ4v) is 5.88. The number of rotatable bonds is 28. The van der Waals surface area contributed by atoms with Gasteiger partial charge in [-0.05, 0) is 96.6 Å². The molecule has 1 fully saturated rings. The molecule has 1 aliphatic rings. The van der Waals surface area contributed by atoms with Crippen LogP contribution < -0.4 is 21.4 Å². The van der Waals surface area contributed by atoms with Gasteiger partial charge in [-0.15, -0.1) is 11.6 Å². The Kier molecular flexibility index (Phi) is 62.4. The lowest BCUT2D eigenvalue weighted by Gasteiger charge is -2.25. The number of fused-ring (bicyclic) bond motifs is 1. The number of hydrazone groups is 1. The third kappa shape index (κ3) is 40.9. The van der Waals surface area contributed by atoms with Crippen LogP contribution in [0.25, 0.3) is 11.0 Å². The van der Waals surface area contributed by atoms with Crippen LogP contribution in [0.5, 0.6) is 0 Å². The first kappa shape index (κ1) is 76.2. The molecule has 1 atom stereocenters. The molecule has 1 saturated heterocycles. The van der Waals surface area contributed by atoms with Gasteiger partial charge in [0, 0.05) is 44.4 Å². The number of nitrogens with zero attached hydrogens (tertiary/aromatic N) is 2. The lowest BCUT2D eigenvalue weighted by atomic mass is 10.0. The molecule has 17 heteroatoms. The van der Waals surface area contributed by atoms with Gasteiger partial charge >= 0.3 is 0 Å². The standard InChI is InChI=1S/C25H27NO4.C15H29N3O6.C6H16N2.4C2H6.CH3Cl/c1-5-7-18(4)23(29-16-27)15-21-19(8-6-2)11-12-26(21)25(28)24-14-20-13-17(3)9-10-22(20)30-24;1-3-17-18-15(20)4-6-21-8-10-23-12-13-24-11-9-22-7-5-16-14(2)19;1-3-8-6-4-5-7-2;5*1-2/h5-10,13-14,16,21H,2,11-12,15H2,1,3-4H3;3H,4-13H2,1-2H3,(H,16,19)(H,18,20);7-8H,3-6H2,1-2H3;4*1-2H3;1H3/b7-5-,19-8+,23-18-;17-3-;;;;;;. The van der Waals surface area contributed by atoms with Crippen molar-refractivity contribution in [3.63, 3.8) is 0 Å². The van der Waals surface area contributed by atoms with Gasteiger partial charge < -0.3 is 49.0 Å². The van der Waals surface area contributed by atoms with E-state index in [9.17, 15) is 19.2 Å². The van der Waals surface area contributed by atoms with Crippen molar-refractivity contribution >= 4 is 53.0 Å². The predicted octanol–water partition coefficient (Wildman–Crippen LogP) is 10.3. The number of nitrogens with one attached hydrogen (secondary N) is 4. The smallest absolute Gasteiger partial charge is 0.298 e. The van der Waals surface area contributed by atoms with Crippen molar-refractivity contribution in [3.05, 3.63) is 83.4 Å². The minimum atomic E-state index is -0.236. The zero-order valence-corrected chi connectivity index (χ0v) is 48.2. The second kappa shape index (κ2) is 58.9. The molecule has 2 aromatic rings. The van der Waals surface area contributed by atoms with Crippen LogP contribution >= 0.6 is 11.6 Å². The first-order chi connectivity index (χ1) is 35.1. The summed E-state index contributed by atoms with van der Waals surface area (Å²) in [6.07, 6.45) is 13.0. The highest BCUT2D eigenvalue weighted by atomic mass is 35.5. The van der Waals surface area contributed by atoms with Crippen molar-refractivity contribution < 1.29 is 47.3 Å². The topological polar surface area (TPSA) is 191 Å². The van der Waals surface area contributed by atoms with Crippen LogP contribution in [0.4, 0.5) is 0 Å². The number of aryl methyl sites for hydroxylation is 1. The van der Waals surface area contributed by atoms with Crippen molar-refractivity contribution in [1.29, 1.82) is 0 Å². The van der Waals surface area contributed by atoms with E-state index in [2.05, 4.69) is 51.6 Å². The Morgan fingerprint density at radius 1 is 0.861 bits per heavy atom. The molecule has 4 N–H and O–H groups in total. The number of ether oxygens (including phenoxy) is 5. The number of halogens is 1. The van der Waals surface area contributed by atoms with E-state index >= 15 is 0 Å². The fourth-order valence-electron chi connectivity index (χ4n) is 5.88. The van der Waals surface area contributed by atoms with Gasteiger partial charge in [0.15, 0.2) is 5.76 Å². The summed E-state index contributed by atoms with van der Waals surface area (Å²) in [5.74, 6) is 0.442. The quantitative estimate of drug-likeness (QED) is 0.0120. The number of alkyl halides is 1. The molecule has 1 unspecified atom stereocenters. The molecule has 3 amide bonds. The molecule has 16 nitrogen and oxygen atoms in total. The molecule has 0 saturated carbocycles. The lowest BCUT2D eigenvalue weighted by Crippen LogP contribution is -2.36. The van der Waals surface area contributed by atoms with E-state index in [1.807, 2.05) is 120 Å². The van der Waals surface area contributed by atoms with Crippen LogP contribution in [0.3, 0.4) is 0 Å². The monoisotopic (exact) mass is 1040 g/mol. The van der Waals surface area contributed by atoms with Crippen LogP contribution in [0.15, 0.2) is 81.6 Å². The highest BCUT2D eigenvalue weighted by Gasteiger charge is 2.35. The maximum absolute atomic E-state index is 13.3. The molecular weight excluding hydrogens is 940 g/mol. The molecule has 1 aliphatic heterocycles. The van der Waals surface area contributed by atoms with Crippen molar-refractivity contribution in [3.8, 4) is 0 Å². The molecule has 0 radical (unpaired) electrons. The van der Waals surface area contributed by atoms with E-state index in [0.29, 0.717) is 95.9 Å². The summed E-state index contributed by atoms with van der Waals surface area (Å²) >= 11 is 4.64. The van der Waals surface area contributed by atoms with Gasteiger partial charge in [-0.1, -0.05) is 105 Å². The number of carbonyl (C=O) groups is 4. The average Bonchev–Trinajstić information content (AvgIpc) is 4.02. The summed E-state index contributed by atoms with van der Waals surface area (Å²) in [5, 5.41) is 13.5. The number of allylic oxidation sites excluding steroid dienone is 5. The van der Waals surface area contributed by atoms with Gasteiger partial charge in [-0.3, -0.25) is 19.2 Å². The summed E-state index contributed by atoms with van der Waals surface area (Å²) in [6.45, 7) is 39.3. The number of benzene rings is 1. The van der Waals surface area contributed by atoms with E-state index in [0.717, 1.165) is 48.2 Å². The van der Waals surface area contributed by atoms with E-state index in [1.54, 1.807) is 24.0 Å². The van der Waals surface area contributed by atoms with Gasteiger partial charge in [0.25, 0.3) is 12.4 Å². The highest BCUT2D eigenvalue weighted by molar-refractivity contribution is 6.15. The molecule has 2 heterocycles. The third-order valence-electron chi connectivity index (χ3n) is 8.91. The van der Waals surface area contributed by atoms with Crippen LogP contribution in [0.1, 0.15) is 132 Å². The third-order valence-corrected chi connectivity index (χ3v) is 8.91. The molecule has 3 rings (SSSR count). The van der Waals surface area contributed by atoms with Gasteiger partial charge in [0.2, 0.25) is 11.8 Å². The van der Waals surface area contributed by atoms with Crippen molar-refractivity contribution in [1.82, 2.24) is 26.3 Å². The molecule has 0 spiro atoms. The van der Waals surface area contributed by atoms with E-state index in [1.165, 1.54) is 25.9 Å². The number of carbonyl (C=O) groups excluding carboxylic acids is 4. The second-order valence-corrected chi connectivity index (χ2v) is 13.8. The maximum Gasteiger partial charge on any atom is 0.298 e. The Morgan fingerprint density at radius 2 is 1.44 bits per heavy atom. The largest absolute Gasteiger partial charge is 0.451 e. The second-order valence-electron chi connectivity index (χ2n) is 13.8. The van der Waals surface area contributed by atoms with E-state index in [4.69, 9.17) is 28.1 Å². The minimum absolute atomic E-state index is 0.0649. The van der Waals surface area contributed by atoms with Gasteiger partial charge in [-0.2, -0.15) is 5.10 Å². The Labute approximate surface area is 441 Å². The van der Waals surface area contributed by atoms with Crippen molar-refractivity contribution in [2.24, 2.45) is 5.10 Å². The Hall–Kier alpha value is -4.68. The van der Waals surface area contributed by atoms with Crippen LogP contribution in [-0.2, 0) is 38.1 Å². The first-order valence-corrected chi connectivity index (χ1v) is 26.4. The molecule has 0 aliphatic carbocycles. The Bertz CT molecular complexity index is 1730. The summed E-state index contributed by atoms with van der Waals surface area (Å²) in [6, 6.07) is 7.40. The SMILES string of the molecule is C/C=N\NC(=O)CCOCCOCCOCCOCCNC(C)=O.C=C/C=C1\CCN(C(=O)c2cc3cc(C)ccc3o2)C1C/C(OC=O)=C(C)/C=C\C.CC.CC.CC.CC.CCNCCCNC.CCl. The zero-order valence-electron chi connectivity index (χ0n) is 47.4. The minimum Gasteiger partial charge on any atom is -0.451 e. The first-order valence-electron chi connectivity index (χ1n) is 25.7. The number of amides is 3. The van der Waals surface area contributed by atoms with Crippen molar-refractivity contribution in [2.75, 3.05) is 99.0 Å². The Morgan fingerprint density at radius 3 is 1.96 bits per heavy atom. The van der Waals surface area contributed by atoms with Crippen molar-refractivity contribution in [2.45, 2.75) is 129 Å². The number of likely N-dealkylation sites (tertiary alicyclic amines) is 1. The molecule has 72 heavy (non-hydrogen) atoms. The van der Waals surface area contributed by atoms with E-state index in [-0.39, 0.29) is 30.2 Å². The van der Waals surface area contributed by atoms with Crippen LogP contribution in [0.2, 0.25) is 0 Å². The lowest BCUT2D eigenvalue weighted by molar-refractivity contribution is -0.125. The van der Waals surface area contributed by atoms with Crippen LogP contribution in [0, 0.1) is 6.92 Å². The van der Waals surface area contributed by atoms with E-state index < -0.39 is 0 Å². The summed E-state index contributed by atoms with van der Waals surface area (Å²) in [5.41, 5.74) is 6.08. The molecule has 0 bridgehead atoms. The number of hydrogen-bond donors (Lipinski definition) is 4. The summed E-state index contributed by atoms with van der Waals surface area (Å²) < 4.78 is 32.3. The highest BCUT2D eigenvalue weighted by Crippen LogP contribution is 2.32. The molecular formula is C55H99ClN6O10. The van der Waals surface area contributed by atoms with Gasteiger partial charge in [-0.25, -0.2) is 5.43 Å². The predicted molar refractivity (Wildman–Crippen MR) is 301 cm³/mol. The summed E-state index contributed by atoms with van der Waals surface area (Å²) in [4.78, 5) is 47.9. The normalized spacial score (nSPS) is 13.0. The molecule has 1 aromatic carbocycles. The fraction of sp³-hybridized carbons (Fsp3) is 0.618. The van der Waals surface area contributed by atoms with Crippen LogP contribution in [-0.4, -0.2) is 140 Å². The van der Waals surface area contributed by atoms with Gasteiger partial charge in [0.1, 0.15) is 11.3 Å². The maximum atomic E-state index is 13.3. The zero-order chi connectivity index (χ0) is 55.8. The Balaban J connectivity index is -0.000000318. The summed E-state index contributed by atoms with van der Waals surface area (Å²) in [7, 11) is 1.98. The average molecular weight is 1040 g/mol. The molecule has 1 aromatic heterocycles. The number of furan rings is 1. The molecule has 416 valence electrons. The number of hydrogen-bond acceptors (Lipinski definition) is 13.